The number of methoxy groups -OCH3 is 4. The number of likely N-dealkylation sites (tertiary alicyclic amines) is 1. The molecule has 5 rings (SSSR count). The van der Waals surface area contributed by atoms with Crippen molar-refractivity contribution >= 4 is 12.0 Å². The van der Waals surface area contributed by atoms with E-state index in [1.165, 1.54) is 7.11 Å². The number of rotatable bonds is 6. The number of fused-ring (bicyclic) bond motifs is 2. The molecule has 3 aliphatic rings. The molecule has 2 bridgehead atoms. The van der Waals surface area contributed by atoms with Gasteiger partial charge >= 0.3 is 0 Å². The topological polar surface area (TPSA) is 86.7 Å². The van der Waals surface area contributed by atoms with Crippen LogP contribution in [0.5, 0.6) is 28.7 Å². The number of piperidine rings is 1. The number of carbonyl (C=O) groups is 1. The number of aliphatic hydroxyl groups is 1. The first-order valence-corrected chi connectivity index (χ1v) is 12.0. The molecule has 1 amide bonds. The van der Waals surface area contributed by atoms with Gasteiger partial charge in [-0.3, -0.25) is 4.79 Å². The molecule has 2 heterocycles. The number of carbonyl (C=O) groups excluding carboxylic acids is 1. The molecule has 8 nitrogen and oxygen atoms in total. The van der Waals surface area contributed by atoms with Gasteiger partial charge in [-0.1, -0.05) is 12.1 Å². The number of nitrogens with zero attached hydrogens (tertiary/aromatic N) is 1. The number of amides is 1. The second-order valence-corrected chi connectivity index (χ2v) is 9.22. The lowest BCUT2D eigenvalue weighted by Crippen LogP contribution is -2.64. The average Bonchev–Trinajstić information content (AvgIpc) is 3.35. The van der Waals surface area contributed by atoms with Gasteiger partial charge in [0.25, 0.3) is 5.91 Å². The van der Waals surface area contributed by atoms with Gasteiger partial charge in [0.2, 0.25) is 5.75 Å². The fraction of sp³-hybridized carbons (Fsp3) is 0.393. The van der Waals surface area contributed by atoms with E-state index in [2.05, 4.69) is 0 Å². The Balaban J connectivity index is 1.65. The Labute approximate surface area is 210 Å². The standard InChI is InChI=1S/C28H31NO7/c1-29-27(31)23(19(30)13-11-16-12-14-21(33-3)26(35-5)24(16)34-4)22-17-8-6-10-20(32-2)25(17)36-28(29)15-7-9-18(22)28/h6,8,10-14,18,22,30H,7,9,15H2,1-5H3/b13-11+,23-19-. The Morgan fingerprint density at radius 1 is 1.06 bits per heavy atom. The van der Waals surface area contributed by atoms with Crippen LogP contribution in [0, 0.1) is 5.92 Å². The molecule has 3 unspecified atom stereocenters. The zero-order valence-corrected chi connectivity index (χ0v) is 21.2. The molecule has 0 spiro atoms. The highest BCUT2D eigenvalue weighted by atomic mass is 16.5. The van der Waals surface area contributed by atoms with Crippen LogP contribution in [0.15, 0.2) is 47.7 Å². The van der Waals surface area contributed by atoms with Crippen molar-refractivity contribution in [2.24, 2.45) is 5.92 Å². The Morgan fingerprint density at radius 3 is 2.50 bits per heavy atom. The minimum absolute atomic E-state index is 0.0287. The maximum Gasteiger partial charge on any atom is 0.256 e. The van der Waals surface area contributed by atoms with Crippen molar-refractivity contribution in [1.29, 1.82) is 0 Å². The highest BCUT2D eigenvalue weighted by Crippen LogP contribution is 2.61. The molecule has 1 aliphatic carbocycles. The molecule has 1 N–H and O–H groups in total. The van der Waals surface area contributed by atoms with E-state index in [0.717, 1.165) is 24.8 Å². The molecule has 36 heavy (non-hydrogen) atoms. The van der Waals surface area contributed by atoms with E-state index in [1.807, 2.05) is 18.2 Å². The van der Waals surface area contributed by atoms with Crippen LogP contribution in [-0.4, -0.2) is 57.1 Å². The third-order valence-corrected chi connectivity index (χ3v) is 7.72. The largest absolute Gasteiger partial charge is 0.507 e. The summed E-state index contributed by atoms with van der Waals surface area (Å²) in [4.78, 5) is 15.4. The van der Waals surface area contributed by atoms with Gasteiger partial charge in [-0.05, 0) is 43.2 Å². The minimum atomic E-state index is -0.747. The number of aliphatic hydroxyl groups excluding tert-OH is 1. The predicted octanol–water partition coefficient (Wildman–Crippen LogP) is 4.69. The molecular weight excluding hydrogens is 462 g/mol. The van der Waals surface area contributed by atoms with E-state index < -0.39 is 5.72 Å². The van der Waals surface area contributed by atoms with Crippen LogP contribution in [0.4, 0.5) is 0 Å². The van der Waals surface area contributed by atoms with Crippen molar-refractivity contribution in [2.45, 2.75) is 30.9 Å². The summed E-state index contributed by atoms with van der Waals surface area (Å²) in [5.74, 6) is 2.08. The van der Waals surface area contributed by atoms with Crippen LogP contribution in [0.25, 0.3) is 6.08 Å². The Kier molecular flexibility index (Phi) is 5.98. The van der Waals surface area contributed by atoms with Gasteiger partial charge in [0, 0.05) is 36.4 Å². The number of para-hydroxylation sites is 1. The maximum absolute atomic E-state index is 13.7. The lowest BCUT2D eigenvalue weighted by Gasteiger charge is -2.54. The maximum atomic E-state index is 13.7. The number of hydrogen-bond acceptors (Lipinski definition) is 7. The SMILES string of the molecule is COc1cccc2c1OC13CCCC1C2/C(=C(O)\C=C\c1ccc(OC)c(OC)c1OC)C(=O)N3C. The normalized spacial score (nSPS) is 25.7. The molecule has 1 saturated carbocycles. The molecule has 2 aliphatic heterocycles. The Bertz CT molecular complexity index is 1270. The molecule has 3 atom stereocenters. The van der Waals surface area contributed by atoms with Crippen LogP contribution in [-0.2, 0) is 4.79 Å². The van der Waals surface area contributed by atoms with E-state index in [-0.39, 0.29) is 23.5 Å². The van der Waals surface area contributed by atoms with Gasteiger partial charge in [0.15, 0.2) is 28.7 Å². The second kappa shape index (κ2) is 9.00. The summed E-state index contributed by atoms with van der Waals surface area (Å²) in [6, 6.07) is 9.27. The van der Waals surface area contributed by atoms with Crippen LogP contribution in [0.2, 0.25) is 0 Å². The predicted molar refractivity (Wildman–Crippen MR) is 134 cm³/mol. The van der Waals surface area contributed by atoms with Crippen LogP contribution >= 0.6 is 0 Å². The summed E-state index contributed by atoms with van der Waals surface area (Å²) in [7, 11) is 7.99. The van der Waals surface area contributed by atoms with E-state index >= 15 is 0 Å². The van der Waals surface area contributed by atoms with Crippen molar-refractivity contribution in [3.05, 3.63) is 58.9 Å². The monoisotopic (exact) mass is 493 g/mol. The fourth-order valence-corrected chi connectivity index (χ4v) is 6.09. The Hall–Kier alpha value is -3.81. The van der Waals surface area contributed by atoms with Crippen molar-refractivity contribution < 1.29 is 33.6 Å². The summed E-state index contributed by atoms with van der Waals surface area (Å²) in [5.41, 5.74) is 1.14. The van der Waals surface area contributed by atoms with Gasteiger partial charge in [0.1, 0.15) is 5.76 Å². The van der Waals surface area contributed by atoms with Gasteiger partial charge < -0.3 is 33.7 Å². The van der Waals surface area contributed by atoms with Gasteiger partial charge in [0.05, 0.1) is 34.0 Å². The number of hydrogen-bond donors (Lipinski definition) is 1. The van der Waals surface area contributed by atoms with Crippen LogP contribution < -0.4 is 23.7 Å². The highest BCUT2D eigenvalue weighted by Gasteiger charge is 2.62. The second-order valence-electron chi connectivity index (χ2n) is 9.22. The average molecular weight is 494 g/mol. The molecule has 8 heteroatoms. The molecule has 0 radical (unpaired) electrons. The summed E-state index contributed by atoms with van der Waals surface area (Å²) in [6.45, 7) is 0. The lowest BCUT2D eigenvalue weighted by atomic mass is 9.69. The van der Waals surface area contributed by atoms with Crippen molar-refractivity contribution in [3.8, 4) is 28.7 Å². The van der Waals surface area contributed by atoms with Crippen LogP contribution in [0.1, 0.15) is 36.3 Å². The first-order valence-electron chi connectivity index (χ1n) is 12.0. The molecule has 2 aromatic carbocycles. The van der Waals surface area contributed by atoms with E-state index in [1.54, 1.807) is 57.6 Å². The molecule has 0 aromatic heterocycles. The van der Waals surface area contributed by atoms with Gasteiger partial charge in [-0.25, -0.2) is 0 Å². The summed E-state index contributed by atoms with van der Waals surface area (Å²) in [5, 5.41) is 11.4. The fourth-order valence-electron chi connectivity index (χ4n) is 6.09. The zero-order valence-electron chi connectivity index (χ0n) is 21.2. The Morgan fingerprint density at radius 2 is 1.81 bits per heavy atom. The number of allylic oxidation sites excluding steroid dienone is 1. The number of benzene rings is 2. The van der Waals surface area contributed by atoms with Gasteiger partial charge in [-0.15, -0.1) is 0 Å². The minimum Gasteiger partial charge on any atom is -0.507 e. The first kappa shape index (κ1) is 23.9. The number of likely N-dealkylation sites (N-methyl/N-ethyl adjacent to an activating group) is 1. The number of ether oxygens (including phenoxy) is 5. The van der Waals surface area contributed by atoms with Crippen molar-refractivity contribution in [2.75, 3.05) is 35.5 Å². The van der Waals surface area contributed by atoms with E-state index in [4.69, 9.17) is 23.7 Å². The molecule has 190 valence electrons. The highest BCUT2D eigenvalue weighted by molar-refractivity contribution is 5.98. The summed E-state index contributed by atoms with van der Waals surface area (Å²) >= 11 is 0. The van der Waals surface area contributed by atoms with Gasteiger partial charge in [-0.2, -0.15) is 0 Å². The van der Waals surface area contributed by atoms with E-state index in [0.29, 0.717) is 39.9 Å². The zero-order chi connectivity index (χ0) is 25.6. The smallest absolute Gasteiger partial charge is 0.256 e. The third kappa shape index (κ3) is 3.31. The molecule has 1 saturated heterocycles. The molecule has 2 aromatic rings. The van der Waals surface area contributed by atoms with E-state index in [9.17, 15) is 9.90 Å². The van der Waals surface area contributed by atoms with Crippen molar-refractivity contribution in [1.82, 2.24) is 4.90 Å². The van der Waals surface area contributed by atoms with Crippen LogP contribution in [0.3, 0.4) is 0 Å². The molecular formula is C28H31NO7. The summed E-state index contributed by atoms with van der Waals surface area (Å²) in [6.07, 6.45) is 5.81. The third-order valence-electron chi connectivity index (χ3n) is 7.72. The quantitative estimate of drug-likeness (QED) is 0.461. The molecule has 2 fully saturated rings. The first-order chi connectivity index (χ1) is 17.4. The lowest BCUT2D eigenvalue weighted by molar-refractivity contribution is -0.166. The summed E-state index contributed by atoms with van der Waals surface area (Å²) < 4.78 is 28.6. The van der Waals surface area contributed by atoms with Crippen molar-refractivity contribution in [3.63, 3.8) is 0 Å².